The molecule has 0 spiro atoms. The normalized spacial score (nSPS) is 15.6. The molecule has 1 saturated heterocycles. The predicted molar refractivity (Wildman–Crippen MR) is 99.1 cm³/mol. The summed E-state index contributed by atoms with van der Waals surface area (Å²) in [6.07, 6.45) is 0.638. The summed E-state index contributed by atoms with van der Waals surface area (Å²) in [5.41, 5.74) is 1.28. The molecule has 0 atom stereocenters. The molecule has 0 saturated carbocycles. The lowest BCUT2D eigenvalue weighted by molar-refractivity contribution is 0.0263. The van der Waals surface area contributed by atoms with Gasteiger partial charge in [-0.2, -0.15) is 0 Å². The van der Waals surface area contributed by atoms with Gasteiger partial charge in [-0.05, 0) is 51.5 Å². The van der Waals surface area contributed by atoms with Gasteiger partial charge in [-0.3, -0.25) is 4.79 Å². The molecule has 0 bridgehead atoms. The highest BCUT2D eigenvalue weighted by Crippen LogP contribution is 2.19. The number of ether oxygens (including phenoxy) is 1. The van der Waals surface area contributed by atoms with Crippen LogP contribution in [0.4, 0.5) is 10.5 Å². The summed E-state index contributed by atoms with van der Waals surface area (Å²) in [4.78, 5) is 29.8. The zero-order valence-corrected chi connectivity index (χ0v) is 15.9. The van der Waals surface area contributed by atoms with Crippen molar-refractivity contribution in [3.8, 4) is 0 Å². The van der Waals surface area contributed by atoms with Gasteiger partial charge in [0.2, 0.25) is 0 Å². The summed E-state index contributed by atoms with van der Waals surface area (Å²) in [5.74, 6) is -0.00137. The number of carbonyl (C=O) groups excluding carboxylic acids is 2. The largest absolute Gasteiger partial charge is 0.444 e. The molecule has 1 aromatic carbocycles. The standard InChI is InChI=1S/C19H29N3O3/c1-19(2,3)25-18(24)22-12-6-11-21(13-14-22)16-9-7-15(8-10-16)17(23)20(4)5/h7-10H,6,11-14H2,1-5H3. The molecule has 6 heteroatoms. The van der Waals surface area contributed by atoms with E-state index in [1.54, 1.807) is 23.9 Å². The molecule has 2 rings (SSSR count). The summed E-state index contributed by atoms with van der Waals surface area (Å²) < 4.78 is 5.46. The Hall–Kier alpha value is -2.24. The van der Waals surface area contributed by atoms with Crippen molar-refractivity contribution in [3.05, 3.63) is 29.8 Å². The first-order chi connectivity index (χ1) is 11.7. The van der Waals surface area contributed by atoms with E-state index in [1.807, 2.05) is 45.0 Å². The molecule has 1 aliphatic heterocycles. The van der Waals surface area contributed by atoms with Gasteiger partial charge in [-0.1, -0.05) is 0 Å². The first-order valence-electron chi connectivity index (χ1n) is 8.72. The van der Waals surface area contributed by atoms with Crippen molar-refractivity contribution in [2.45, 2.75) is 32.8 Å². The molecule has 1 heterocycles. The Morgan fingerprint density at radius 1 is 1.00 bits per heavy atom. The molecule has 1 aliphatic rings. The second-order valence-electron chi connectivity index (χ2n) is 7.55. The van der Waals surface area contributed by atoms with Crippen LogP contribution in [0.1, 0.15) is 37.6 Å². The highest BCUT2D eigenvalue weighted by Gasteiger charge is 2.24. The van der Waals surface area contributed by atoms with Gasteiger partial charge in [0, 0.05) is 51.5 Å². The Morgan fingerprint density at radius 2 is 1.64 bits per heavy atom. The van der Waals surface area contributed by atoms with Crippen LogP contribution in [0.15, 0.2) is 24.3 Å². The summed E-state index contributed by atoms with van der Waals surface area (Å²) in [5, 5.41) is 0. The number of hydrogen-bond acceptors (Lipinski definition) is 4. The van der Waals surface area contributed by atoms with Crippen molar-refractivity contribution in [3.63, 3.8) is 0 Å². The van der Waals surface area contributed by atoms with Crippen molar-refractivity contribution in [1.29, 1.82) is 0 Å². The fourth-order valence-electron chi connectivity index (χ4n) is 2.76. The van der Waals surface area contributed by atoms with Crippen LogP contribution in [-0.4, -0.2) is 67.7 Å². The highest BCUT2D eigenvalue weighted by molar-refractivity contribution is 5.94. The van der Waals surface area contributed by atoms with E-state index >= 15 is 0 Å². The van der Waals surface area contributed by atoms with Gasteiger partial charge in [0.1, 0.15) is 5.60 Å². The van der Waals surface area contributed by atoms with E-state index in [0.717, 1.165) is 25.2 Å². The molecule has 6 nitrogen and oxygen atoms in total. The average molecular weight is 347 g/mol. The molecule has 0 aromatic heterocycles. The Morgan fingerprint density at radius 3 is 2.20 bits per heavy atom. The molecular weight excluding hydrogens is 318 g/mol. The van der Waals surface area contributed by atoms with Crippen LogP contribution < -0.4 is 4.90 Å². The molecule has 2 amide bonds. The van der Waals surface area contributed by atoms with Crippen LogP contribution in [-0.2, 0) is 4.74 Å². The van der Waals surface area contributed by atoms with Gasteiger partial charge < -0.3 is 19.4 Å². The van der Waals surface area contributed by atoms with Crippen LogP contribution in [0, 0.1) is 0 Å². The maximum Gasteiger partial charge on any atom is 0.410 e. The van der Waals surface area contributed by atoms with E-state index in [-0.39, 0.29) is 12.0 Å². The fraction of sp³-hybridized carbons (Fsp3) is 0.579. The lowest BCUT2D eigenvalue weighted by Gasteiger charge is -2.27. The lowest BCUT2D eigenvalue weighted by Crippen LogP contribution is -2.39. The minimum atomic E-state index is -0.474. The number of hydrogen-bond donors (Lipinski definition) is 0. The zero-order chi connectivity index (χ0) is 18.6. The summed E-state index contributed by atoms with van der Waals surface area (Å²) in [7, 11) is 3.49. The maximum absolute atomic E-state index is 12.2. The van der Waals surface area contributed by atoms with Gasteiger partial charge in [-0.15, -0.1) is 0 Å². The number of benzene rings is 1. The first-order valence-corrected chi connectivity index (χ1v) is 8.72. The lowest BCUT2D eigenvalue weighted by atomic mass is 10.1. The van der Waals surface area contributed by atoms with E-state index in [0.29, 0.717) is 18.7 Å². The Balaban J connectivity index is 1.99. The van der Waals surface area contributed by atoms with E-state index in [1.165, 1.54) is 0 Å². The van der Waals surface area contributed by atoms with Crippen molar-refractivity contribution < 1.29 is 14.3 Å². The molecule has 0 N–H and O–H groups in total. The molecule has 1 aromatic rings. The third-order valence-electron chi connectivity index (χ3n) is 4.03. The Kier molecular flexibility index (Phi) is 5.93. The van der Waals surface area contributed by atoms with E-state index in [9.17, 15) is 9.59 Å². The topological polar surface area (TPSA) is 53.1 Å². The van der Waals surface area contributed by atoms with Crippen LogP contribution in [0.2, 0.25) is 0 Å². The third-order valence-corrected chi connectivity index (χ3v) is 4.03. The quantitative estimate of drug-likeness (QED) is 0.825. The summed E-state index contributed by atoms with van der Waals surface area (Å²) in [6.45, 7) is 8.60. The predicted octanol–water partition coefficient (Wildman–Crippen LogP) is 2.84. The second-order valence-corrected chi connectivity index (χ2v) is 7.55. The van der Waals surface area contributed by atoms with E-state index in [2.05, 4.69) is 4.90 Å². The number of nitrogens with zero attached hydrogens (tertiary/aromatic N) is 3. The van der Waals surface area contributed by atoms with Crippen LogP contribution in [0.25, 0.3) is 0 Å². The summed E-state index contributed by atoms with van der Waals surface area (Å²) >= 11 is 0. The van der Waals surface area contributed by atoms with Gasteiger partial charge in [0.05, 0.1) is 0 Å². The smallest absolute Gasteiger partial charge is 0.410 e. The second kappa shape index (κ2) is 7.76. The van der Waals surface area contributed by atoms with Crippen LogP contribution in [0.5, 0.6) is 0 Å². The van der Waals surface area contributed by atoms with Gasteiger partial charge in [0.25, 0.3) is 5.91 Å². The van der Waals surface area contributed by atoms with Gasteiger partial charge >= 0.3 is 6.09 Å². The molecule has 0 aliphatic carbocycles. The van der Waals surface area contributed by atoms with Gasteiger partial charge in [0.15, 0.2) is 0 Å². The monoisotopic (exact) mass is 347 g/mol. The average Bonchev–Trinajstić information content (AvgIpc) is 2.78. The minimum absolute atomic E-state index is 0.00137. The van der Waals surface area contributed by atoms with Crippen LogP contribution >= 0.6 is 0 Å². The molecule has 0 radical (unpaired) electrons. The van der Waals surface area contributed by atoms with Crippen LogP contribution in [0.3, 0.4) is 0 Å². The third kappa shape index (κ3) is 5.37. The van der Waals surface area contributed by atoms with Gasteiger partial charge in [-0.25, -0.2) is 4.79 Å². The number of rotatable bonds is 2. The molecule has 138 valence electrons. The van der Waals surface area contributed by atoms with E-state index < -0.39 is 5.60 Å². The minimum Gasteiger partial charge on any atom is -0.444 e. The molecule has 25 heavy (non-hydrogen) atoms. The summed E-state index contributed by atoms with van der Waals surface area (Å²) in [6, 6.07) is 7.65. The SMILES string of the molecule is CN(C)C(=O)c1ccc(N2CCCN(C(=O)OC(C)(C)C)CC2)cc1. The van der Waals surface area contributed by atoms with Crippen molar-refractivity contribution >= 4 is 17.7 Å². The van der Waals surface area contributed by atoms with Crippen molar-refractivity contribution in [1.82, 2.24) is 9.80 Å². The fourth-order valence-corrected chi connectivity index (χ4v) is 2.76. The Bertz CT molecular complexity index is 605. The first kappa shape index (κ1) is 19.1. The number of amides is 2. The van der Waals surface area contributed by atoms with Crippen molar-refractivity contribution in [2.75, 3.05) is 45.2 Å². The number of carbonyl (C=O) groups is 2. The molecular formula is C19H29N3O3. The molecule has 1 fully saturated rings. The maximum atomic E-state index is 12.2. The van der Waals surface area contributed by atoms with E-state index in [4.69, 9.17) is 4.74 Å². The zero-order valence-electron chi connectivity index (χ0n) is 15.9. The Labute approximate surface area is 150 Å². The van der Waals surface area contributed by atoms with Crippen molar-refractivity contribution in [2.24, 2.45) is 0 Å². The number of anilines is 1. The highest BCUT2D eigenvalue weighted by atomic mass is 16.6. The molecule has 0 unspecified atom stereocenters.